The first-order valence-electron chi connectivity index (χ1n) is 14.1. The lowest BCUT2D eigenvalue weighted by Gasteiger charge is -2.30. The van der Waals surface area contributed by atoms with Crippen molar-refractivity contribution in [3.63, 3.8) is 0 Å². The molecule has 8 nitrogen and oxygen atoms in total. The third-order valence-corrected chi connectivity index (χ3v) is 8.69. The Bertz CT molecular complexity index is 1660. The molecule has 10 heteroatoms. The molecule has 0 radical (unpaired) electrons. The van der Waals surface area contributed by atoms with Crippen LogP contribution in [-0.2, 0) is 10.0 Å². The Labute approximate surface area is 246 Å². The van der Waals surface area contributed by atoms with E-state index in [4.69, 9.17) is 14.2 Å². The van der Waals surface area contributed by atoms with Gasteiger partial charge in [-0.25, -0.2) is 12.8 Å². The van der Waals surface area contributed by atoms with Gasteiger partial charge in [0.15, 0.2) is 23.1 Å². The van der Waals surface area contributed by atoms with Crippen molar-refractivity contribution in [1.82, 2.24) is 9.88 Å². The number of hydrogen-bond donors (Lipinski definition) is 1. The van der Waals surface area contributed by atoms with E-state index in [9.17, 15) is 8.42 Å². The summed E-state index contributed by atoms with van der Waals surface area (Å²) in [5.41, 5.74) is 1.49. The van der Waals surface area contributed by atoms with Crippen LogP contribution in [0.15, 0.2) is 71.8 Å². The molecular formula is C32H36FN3O5S. The van der Waals surface area contributed by atoms with E-state index in [2.05, 4.69) is 21.5 Å². The van der Waals surface area contributed by atoms with Crippen LogP contribution < -0.4 is 18.9 Å². The van der Waals surface area contributed by atoms with Crippen LogP contribution in [0.25, 0.3) is 10.9 Å². The van der Waals surface area contributed by atoms with E-state index in [1.807, 2.05) is 0 Å². The molecule has 4 aromatic rings. The predicted molar refractivity (Wildman–Crippen MR) is 162 cm³/mol. The lowest BCUT2D eigenvalue weighted by atomic mass is 10.0. The van der Waals surface area contributed by atoms with Crippen molar-refractivity contribution in [2.75, 3.05) is 38.1 Å². The Morgan fingerprint density at radius 1 is 1.05 bits per heavy atom. The van der Waals surface area contributed by atoms with Crippen LogP contribution in [0.4, 0.5) is 10.1 Å². The molecule has 1 aromatic heterocycles. The third kappa shape index (κ3) is 7.11. The molecule has 1 aliphatic rings. The Kier molecular flexibility index (Phi) is 9.13. The van der Waals surface area contributed by atoms with E-state index in [1.165, 1.54) is 31.0 Å². The molecule has 0 bridgehead atoms. The number of aryl methyl sites for hydroxylation is 1. The number of pyridine rings is 1. The molecule has 3 aromatic carbocycles. The van der Waals surface area contributed by atoms with Crippen molar-refractivity contribution < 1.29 is 27.0 Å². The van der Waals surface area contributed by atoms with Gasteiger partial charge in [0.05, 0.1) is 29.8 Å². The summed E-state index contributed by atoms with van der Waals surface area (Å²) in [7, 11) is -2.31. The molecule has 1 fully saturated rings. The average molecular weight is 594 g/mol. The fraction of sp³-hybridized carbons (Fsp3) is 0.344. The minimum absolute atomic E-state index is 0.0627. The second kappa shape index (κ2) is 13.0. The van der Waals surface area contributed by atoms with E-state index in [0.717, 1.165) is 43.6 Å². The first-order chi connectivity index (χ1) is 20.2. The number of piperidine rings is 1. The first kappa shape index (κ1) is 29.6. The van der Waals surface area contributed by atoms with Gasteiger partial charge in [-0.05, 0) is 80.6 Å². The summed E-state index contributed by atoms with van der Waals surface area (Å²) in [5.74, 6) is 1.43. The minimum Gasteiger partial charge on any atom is -0.493 e. The number of methoxy groups -OCH3 is 1. The molecule has 5 rings (SSSR count). The van der Waals surface area contributed by atoms with Gasteiger partial charge in [-0.2, -0.15) is 0 Å². The largest absolute Gasteiger partial charge is 0.493 e. The topological polar surface area (TPSA) is 90.0 Å². The lowest BCUT2D eigenvalue weighted by Crippen LogP contribution is -2.35. The highest BCUT2D eigenvalue weighted by Gasteiger charge is 2.18. The quantitative estimate of drug-likeness (QED) is 0.192. The zero-order valence-electron chi connectivity index (χ0n) is 24.1. The van der Waals surface area contributed by atoms with Crippen LogP contribution in [0.5, 0.6) is 23.0 Å². The maximum absolute atomic E-state index is 15.1. The highest BCUT2D eigenvalue weighted by molar-refractivity contribution is 7.92. The van der Waals surface area contributed by atoms with Crippen LogP contribution in [0.3, 0.4) is 0 Å². The SMILES string of the molecule is COc1cc2c(Oc3ccc(NS(=O)(=O)c4cccc(C)c4)cc3F)ccnc2cc1OCCCN1CCCC(C)C1. The molecule has 1 atom stereocenters. The van der Waals surface area contributed by atoms with Gasteiger partial charge in [0.2, 0.25) is 0 Å². The Balaban J connectivity index is 1.28. The number of fused-ring (bicyclic) bond motifs is 1. The van der Waals surface area contributed by atoms with Crippen LogP contribution in [0.2, 0.25) is 0 Å². The number of halogens is 1. The summed E-state index contributed by atoms with van der Waals surface area (Å²) in [6.45, 7) is 7.92. The predicted octanol–water partition coefficient (Wildman–Crippen LogP) is 6.78. The number of nitrogens with zero attached hydrogens (tertiary/aromatic N) is 2. The van der Waals surface area contributed by atoms with Crippen LogP contribution in [-0.4, -0.2) is 51.7 Å². The number of ether oxygens (including phenoxy) is 3. The van der Waals surface area contributed by atoms with Gasteiger partial charge in [-0.15, -0.1) is 0 Å². The number of anilines is 1. The number of nitrogens with one attached hydrogen (secondary N) is 1. The molecule has 0 spiro atoms. The molecular weight excluding hydrogens is 557 g/mol. The van der Waals surface area contributed by atoms with Gasteiger partial charge in [0, 0.05) is 36.8 Å². The van der Waals surface area contributed by atoms with Gasteiger partial charge >= 0.3 is 0 Å². The molecule has 0 saturated carbocycles. The molecule has 1 aliphatic heterocycles. The summed E-state index contributed by atoms with van der Waals surface area (Å²) < 4.78 is 60.6. The summed E-state index contributed by atoms with van der Waals surface area (Å²) in [6, 6.07) is 15.6. The summed E-state index contributed by atoms with van der Waals surface area (Å²) in [6.07, 6.45) is 5.03. The van der Waals surface area contributed by atoms with E-state index in [-0.39, 0.29) is 16.3 Å². The van der Waals surface area contributed by atoms with Crippen molar-refractivity contribution in [2.24, 2.45) is 5.92 Å². The van der Waals surface area contributed by atoms with Crippen molar-refractivity contribution in [3.05, 3.63) is 78.2 Å². The van der Waals surface area contributed by atoms with E-state index in [1.54, 1.807) is 56.6 Å². The first-order valence-corrected chi connectivity index (χ1v) is 15.6. The molecule has 1 saturated heterocycles. The Morgan fingerprint density at radius 3 is 2.67 bits per heavy atom. The number of aromatic nitrogens is 1. The van der Waals surface area contributed by atoms with E-state index < -0.39 is 15.8 Å². The van der Waals surface area contributed by atoms with Crippen LogP contribution >= 0.6 is 0 Å². The lowest BCUT2D eigenvalue weighted by molar-refractivity contribution is 0.169. The number of likely N-dealkylation sites (tertiary alicyclic amines) is 1. The molecule has 222 valence electrons. The molecule has 0 amide bonds. The minimum atomic E-state index is -3.88. The number of benzene rings is 3. The molecule has 2 heterocycles. The maximum Gasteiger partial charge on any atom is 0.261 e. The number of hydrogen-bond acceptors (Lipinski definition) is 7. The average Bonchev–Trinajstić information content (AvgIpc) is 2.96. The zero-order valence-corrected chi connectivity index (χ0v) is 24.9. The molecule has 42 heavy (non-hydrogen) atoms. The highest BCUT2D eigenvalue weighted by Crippen LogP contribution is 2.38. The molecule has 1 N–H and O–H groups in total. The van der Waals surface area contributed by atoms with Crippen LogP contribution in [0.1, 0.15) is 31.7 Å². The van der Waals surface area contributed by atoms with E-state index in [0.29, 0.717) is 34.8 Å². The van der Waals surface area contributed by atoms with Gasteiger partial charge < -0.3 is 19.1 Å². The van der Waals surface area contributed by atoms with Gasteiger partial charge in [0.25, 0.3) is 10.0 Å². The van der Waals surface area contributed by atoms with Crippen LogP contribution in [0, 0.1) is 18.7 Å². The Morgan fingerprint density at radius 2 is 1.90 bits per heavy atom. The maximum atomic E-state index is 15.1. The van der Waals surface area contributed by atoms with Crippen molar-refractivity contribution in [1.29, 1.82) is 0 Å². The fourth-order valence-corrected chi connectivity index (χ4v) is 6.37. The number of rotatable bonds is 11. The monoisotopic (exact) mass is 593 g/mol. The highest BCUT2D eigenvalue weighted by atomic mass is 32.2. The standard InChI is InChI=1S/C32H36FN3O5S/c1-22-7-4-9-25(17-22)42(37,38)35-24-10-11-30(27(33)18-24)41-29-12-13-34-28-20-32(31(39-3)19-26(28)29)40-16-6-15-36-14-5-8-23(2)21-36/h4,7,9-13,17-20,23,35H,5-6,8,14-16,21H2,1-3H3. The number of sulfonamides is 1. The van der Waals surface area contributed by atoms with Gasteiger partial charge in [-0.3, -0.25) is 9.71 Å². The summed E-state index contributed by atoms with van der Waals surface area (Å²) in [4.78, 5) is 7.04. The summed E-state index contributed by atoms with van der Waals surface area (Å²) in [5, 5.41) is 0.618. The van der Waals surface area contributed by atoms with Crippen molar-refractivity contribution in [2.45, 2.75) is 38.0 Å². The van der Waals surface area contributed by atoms with Gasteiger partial charge in [-0.1, -0.05) is 19.1 Å². The van der Waals surface area contributed by atoms with Gasteiger partial charge in [0.1, 0.15) is 5.75 Å². The second-order valence-electron chi connectivity index (χ2n) is 10.7. The summed E-state index contributed by atoms with van der Waals surface area (Å²) >= 11 is 0. The second-order valence-corrected chi connectivity index (χ2v) is 12.4. The normalized spacial score (nSPS) is 15.9. The molecule has 0 aliphatic carbocycles. The Hall–Kier alpha value is -3.89. The van der Waals surface area contributed by atoms with E-state index >= 15 is 4.39 Å². The fourth-order valence-electron chi connectivity index (χ4n) is 5.21. The smallest absolute Gasteiger partial charge is 0.261 e. The zero-order chi connectivity index (χ0) is 29.7. The third-order valence-electron chi connectivity index (χ3n) is 7.31. The van der Waals surface area contributed by atoms with Crippen molar-refractivity contribution >= 4 is 26.6 Å². The van der Waals surface area contributed by atoms with Crippen molar-refractivity contribution in [3.8, 4) is 23.0 Å². The molecule has 1 unspecified atom stereocenters.